The quantitative estimate of drug-likeness (QED) is 0.485. The topological polar surface area (TPSA) is 143 Å². The summed E-state index contributed by atoms with van der Waals surface area (Å²) in [5.74, 6) is 0. The van der Waals surface area contributed by atoms with Gasteiger partial charge in [-0.1, -0.05) is 5.21 Å². The molecule has 0 aliphatic carbocycles. The highest BCUT2D eigenvalue weighted by Crippen LogP contribution is 2.36. The molecule has 13 heteroatoms. The summed E-state index contributed by atoms with van der Waals surface area (Å²) in [5, 5.41) is 18.8. The zero-order valence-electron chi connectivity index (χ0n) is 16.3. The number of aromatic amines is 1. The van der Waals surface area contributed by atoms with Gasteiger partial charge in [0.05, 0.1) is 26.0 Å². The van der Waals surface area contributed by atoms with E-state index in [9.17, 15) is 14.7 Å². The maximum atomic E-state index is 12.1. The minimum atomic E-state index is -1.33. The third kappa shape index (κ3) is 4.80. The molecule has 2 aromatic heterocycles. The van der Waals surface area contributed by atoms with E-state index in [4.69, 9.17) is 18.5 Å². The van der Waals surface area contributed by atoms with E-state index in [0.717, 1.165) is 0 Å². The summed E-state index contributed by atoms with van der Waals surface area (Å²) >= 11 is 0. The van der Waals surface area contributed by atoms with Crippen molar-refractivity contribution in [2.45, 2.75) is 44.9 Å². The Kier molecular flexibility index (Phi) is 7.28. The molecule has 3 heterocycles. The smallest absolute Gasteiger partial charge is 0.330 e. The fraction of sp³-hybridized carbons (Fsp3) is 0.625. The Hall–Kier alpha value is -1.95. The average molecular weight is 429 g/mol. The summed E-state index contributed by atoms with van der Waals surface area (Å²) in [6.45, 7) is 4.86. The first-order chi connectivity index (χ1) is 14.0. The molecule has 1 aliphatic rings. The van der Waals surface area contributed by atoms with Crippen molar-refractivity contribution in [2.75, 3.05) is 20.3 Å². The second-order valence-corrected chi connectivity index (χ2v) is 7.65. The molecule has 0 amide bonds. The lowest BCUT2D eigenvalue weighted by Crippen LogP contribution is -2.38. The van der Waals surface area contributed by atoms with Crippen LogP contribution in [0.3, 0.4) is 0 Å². The van der Waals surface area contributed by atoms with Gasteiger partial charge in [-0.2, -0.15) is 0 Å². The number of nitrogens with one attached hydrogen (secondary N) is 1. The SMILES string of the molecule is CCOP(OCC)c1cn(CC2OC(n3ccc(=O)[nH]c3=O)C(OC)C2O)nn1. The molecule has 3 rings (SSSR count). The van der Waals surface area contributed by atoms with Crippen LogP contribution in [0.5, 0.6) is 0 Å². The van der Waals surface area contributed by atoms with Crippen LogP contribution in [0, 0.1) is 0 Å². The fourth-order valence-electron chi connectivity index (χ4n) is 3.03. The zero-order valence-corrected chi connectivity index (χ0v) is 17.2. The highest BCUT2D eigenvalue weighted by Gasteiger charge is 2.45. The van der Waals surface area contributed by atoms with Crippen LogP contribution in [0.2, 0.25) is 0 Å². The molecule has 29 heavy (non-hydrogen) atoms. The van der Waals surface area contributed by atoms with Crippen LogP contribution in [-0.4, -0.2) is 68.3 Å². The normalized spacial score (nSPS) is 24.4. The second kappa shape index (κ2) is 9.70. The fourth-order valence-corrected chi connectivity index (χ4v) is 4.17. The summed E-state index contributed by atoms with van der Waals surface area (Å²) in [5.41, 5.74) is -0.613. The van der Waals surface area contributed by atoms with Crippen molar-refractivity contribution < 1.29 is 23.6 Å². The van der Waals surface area contributed by atoms with Gasteiger partial charge in [-0.25, -0.2) is 9.48 Å². The lowest BCUT2D eigenvalue weighted by molar-refractivity contribution is -0.0566. The lowest BCUT2D eigenvalue weighted by atomic mass is 10.1. The molecule has 0 aromatic carbocycles. The van der Waals surface area contributed by atoms with Gasteiger partial charge >= 0.3 is 5.69 Å². The van der Waals surface area contributed by atoms with Crippen LogP contribution in [-0.2, 0) is 25.1 Å². The number of H-pyrrole nitrogens is 1. The summed E-state index contributed by atoms with van der Waals surface area (Å²) in [6, 6.07) is 1.20. The predicted molar refractivity (Wildman–Crippen MR) is 102 cm³/mol. The van der Waals surface area contributed by atoms with E-state index < -0.39 is 44.2 Å². The molecule has 4 unspecified atom stereocenters. The molecule has 0 radical (unpaired) electrons. The first-order valence-electron chi connectivity index (χ1n) is 9.12. The van der Waals surface area contributed by atoms with Gasteiger partial charge in [0.15, 0.2) is 11.7 Å². The van der Waals surface area contributed by atoms with Crippen LogP contribution >= 0.6 is 8.38 Å². The van der Waals surface area contributed by atoms with Gasteiger partial charge in [0.25, 0.3) is 5.56 Å². The Morgan fingerprint density at radius 2 is 2.03 bits per heavy atom. The second-order valence-electron chi connectivity index (χ2n) is 6.16. The van der Waals surface area contributed by atoms with Crippen LogP contribution in [0.25, 0.3) is 0 Å². The van der Waals surface area contributed by atoms with Crippen molar-refractivity contribution in [1.29, 1.82) is 0 Å². The third-order valence-corrected chi connectivity index (χ3v) is 5.85. The van der Waals surface area contributed by atoms with Crippen molar-refractivity contribution in [2.24, 2.45) is 0 Å². The number of aliphatic hydroxyl groups excluding tert-OH is 1. The van der Waals surface area contributed by atoms with Gasteiger partial charge in [-0.15, -0.1) is 5.10 Å². The van der Waals surface area contributed by atoms with Gasteiger partial charge in [-0.3, -0.25) is 14.3 Å². The number of rotatable bonds is 9. The van der Waals surface area contributed by atoms with E-state index in [1.807, 2.05) is 13.8 Å². The minimum absolute atomic E-state index is 0.171. The largest absolute Gasteiger partial charge is 0.387 e. The van der Waals surface area contributed by atoms with Crippen LogP contribution < -0.4 is 16.7 Å². The minimum Gasteiger partial charge on any atom is -0.387 e. The van der Waals surface area contributed by atoms with E-state index in [0.29, 0.717) is 18.6 Å². The van der Waals surface area contributed by atoms with Crippen LogP contribution in [0.1, 0.15) is 20.1 Å². The first-order valence-corrected chi connectivity index (χ1v) is 10.3. The lowest BCUT2D eigenvalue weighted by Gasteiger charge is -2.19. The molecule has 2 N–H and O–H groups in total. The Labute approximate surface area is 167 Å². The number of hydrogen-bond acceptors (Lipinski definition) is 9. The molecule has 12 nitrogen and oxygen atoms in total. The van der Waals surface area contributed by atoms with Crippen molar-refractivity contribution in [3.05, 3.63) is 39.3 Å². The third-order valence-electron chi connectivity index (χ3n) is 4.28. The maximum absolute atomic E-state index is 12.1. The van der Waals surface area contributed by atoms with E-state index >= 15 is 0 Å². The van der Waals surface area contributed by atoms with E-state index in [1.165, 1.54) is 28.6 Å². The number of aromatic nitrogens is 5. The molecule has 4 atom stereocenters. The molecule has 0 saturated carbocycles. The number of aliphatic hydroxyl groups is 1. The Bertz CT molecular complexity index is 909. The molecule has 0 bridgehead atoms. The Balaban J connectivity index is 1.76. The van der Waals surface area contributed by atoms with Crippen molar-refractivity contribution in [3.8, 4) is 0 Å². The van der Waals surface area contributed by atoms with E-state index in [1.54, 1.807) is 6.20 Å². The highest BCUT2D eigenvalue weighted by molar-refractivity contribution is 7.55. The van der Waals surface area contributed by atoms with E-state index in [-0.39, 0.29) is 6.54 Å². The molecule has 1 aliphatic heterocycles. The standard InChI is InChI=1S/C16H24N5O7P/c1-4-26-29(27-5-2)12-9-20(19-18-12)8-10-13(23)14(25-3)15(28-10)21-7-6-11(22)17-16(21)24/h6-7,9-10,13-15,23H,4-5,8H2,1-3H3,(H,17,22,24). The van der Waals surface area contributed by atoms with Crippen molar-refractivity contribution in [3.63, 3.8) is 0 Å². The summed E-state index contributed by atoms with van der Waals surface area (Å²) in [7, 11) is 0.0809. The van der Waals surface area contributed by atoms with Crippen LogP contribution in [0.15, 0.2) is 28.0 Å². The van der Waals surface area contributed by atoms with Gasteiger partial charge < -0.3 is 23.6 Å². The Morgan fingerprint density at radius 3 is 2.66 bits per heavy atom. The van der Waals surface area contributed by atoms with Gasteiger partial charge in [0.2, 0.25) is 8.38 Å². The predicted octanol–water partition coefficient (Wildman–Crippen LogP) is -0.888. The summed E-state index contributed by atoms with van der Waals surface area (Å²) in [6.07, 6.45) is -0.487. The molecule has 2 aromatic rings. The molecule has 0 spiro atoms. The molecule has 1 fully saturated rings. The number of hydrogen-bond donors (Lipinski definition) is 2. The van der Waals surface area contributed by atoms with Gasteiger partial charge in [-0.05, 0) is 13.8 Å². The number of nitrogens with zero attached hydrogens (tertiary/aromatic N) is 4. The molecule has 1 saturated heterocycles. The summed E-state index contributed by atoms with van der Waals surface area (Å²) in [4.78, 5) is 25.6. The molecular formula is C16H24N5O7P. The maximum Gasteiger partial charge on any atom is 0.330 e. The number of methoxy groups -OCH3 is 1. The Morgan fingerprint density at radius 1 is 1.31 bits per heavy atom. The summed E-state index contributed by atoms with van der Waals surface area (Å²) < 4.78 is 25.0. The highest BCUT2D eigenvalue weighted by atomic mass is 31.2. The first kappa shape index (κ1) is 21.8. The van der Waals surface area contributed by atoms with Gasteiger partial charge in [0, 0.05) is 19.4 Å². The monoisotopic (exact) mass is 429 g/mol. The van der Waals surface area contributed by atoms with Crippen molar-refractivity contribution in [1.82, 2.24) is 24.5 Å². The molecule has 160 valence electrons. The molecular weight excluding hydrogens is 405 g/mol. The van der Waals surface area contributed by atoms with Gasteiger partial charge in [0.1, 0.15) is 18.3 Å². The van der Waals surface area contributed by atoms with Crippen molar-refractivity contribution >= 4 is 13.8 Å². The zero-order chi connectivity index (χ0) is 21.0. The number of ether oxygens (including phenoxy) is 2. The van der Waals surface area contributed by atoms with Crippen LogP contribution in [0.4, 0.5) is 0 Å². The van der Waals surface area contributed by atoms with E-state index in [2.05, 4.69) is 15.3 Å². The average Bonchev–Trinajstić information content (AvgIpc) is 3.27.